The van der Waals surface area contributed by atoms with E-state index in [1.165, 1.54) is 0 Å². The zero-order valence-electron chi connectivity index (χ0n) is 7.96. The Morgan fingerprint density at radius 3 is 3.15 bits per heavy atom. The van der Waals surface area contributed by atoms with Crippen LogP contribution in [0.3, 0.4) is 0 Å². The minimum absolute atomic E-state index is 0.544. The average molecular weight is 185 g/mol. The van der Waals surface area contributed by atoms with Crippen molar-refractivity contribution in [3.05, 3.63) is 12.0 Å². The van der Waals surface area contributed by atoms with Crippen LogP contribution in [0.2, 0.25) is 0 Å². The first-order valence-electron chi connectivity index (χ1n) is 4.18. The zero-order chi connectivity index (χ0) is 9.52. The van der Waals surface area contributed by atoms with Crippen molar-refractivity contribution < 1.29 is 9.15 Å². The van der Waals surface area contributed by atoms with Crippen molar-refractivity contribution in [1.82, 2.24) is 10.3 Å². The molecule has 13 heavy (non-hydrogen) atoms. The summed E-state index contributed by atoms with van der Waals surface area (Å²) < 4.78 is 10.0. The summed E-state index contributed by atoms with van der Waals surface area (Å²) in [4.78, 5) is 4.18. The predicted octanol–water partition coefficient (Wildman–Crippen LogP) is 0.452. The fourth-order valence-corrected chi connectivity index (χ4v) is 0.911. The van der Waals surface area contributed by atoms with E-state index in [0.717, 1.165) is 12.2 Å². The van der Waals surface area contributed by atoms with Gasteiger partial charge in [0.2, 0.25) is 0 Å². The number of nitrogens with zero attached hydrogens (tertiary/aromatic N) is 1. The van der Waals surface area contributed by atoms with E-state index in [1.54, 1.807) is 13.4 Å². The fraction of sp³-hybridized carbons (Fsp3) is 0.625. The number of anilines is 1. The molecule has 0 saturated carbocycles. The fourth-order valence-electron chi connectivity index (χ4n) is 0.911. The summed E-state index contributed by atoms with van der Waals surface area (Å²) in [6, 6.07) is 0.544. The van der Waals surface area contributed by atoms with Gasteiger partial charge in [-0.05, 0) is 7.05 Å². The molecule has 0 aromatic carbocycles. The van der Waals surface area contributed by atoms with Gasteiger partial charge in [-0.3, -0.25) is 0 Å². The Morgan fingerprint density at radius 2 is 2.46 bits per heavy atom. The highest BCUT2D eigenvalue weighted by molar-refractivity contribution is 5.20. The third kappa shape index (κ3) is 3.43. The first-order chi connectivity index (χ1) is 6.36. The van der Waals surface area contributed by atoms with Gasteiger partial charge in [0.05, 0.1) is 12.3 Å². The van der Waals surface area contributed by atoms with Crippen molar-refractivity contribution in [2.24, 2.45) is 0 Å². The minimum Gasteiger partial charge on any atom is -0.432 e. The Hall–Kier alpha value is -1.07. The van der Waals surface area contributed by atoms with Gasteiger partial charge >= 0.3 is 0 Å². The minimum atomic E-state index is 0.544. The molecule has 5 heteroatoms. The monoisotopic (exact) mass is 185 g/mol. The van der Waals surface area contributed by atoms with Gasteiger partial charge in [0, 0.05) is 20.2 Å². The molecule has 1 aromatic rings. The van der Waals surface area contributed by atoms with E-state index in [9.17, 15) is 0 Å². The molecule has 2 N–H and O–H groups in total. The second-order valence-corrected chi connectivity index (χ2v) is 2.59. The number of nitrogens with one attached hydrogen (secondary N) is 2. The van der Waals surface area contributed by atoms with Crippen LogP contribution < -0.4 is 10.6 Å². The summed E-state index contributed by atoms with van der Waals surface area (Å²) in [5.74, 6) is 0. The molecule has 1 rings (SSSR count). The molecule has 0 fully saturated rings. The van der Waals surface area contributed by atoms with Gasteiger partial charge in [0.1, 0.15) is 6.26 Å². The molecule has 0 saturated heterocycles. The van der Waals surface area contributed by atoms with Gasteiger partial charge in [-0.1, -0.05) is 0 Å². The molecule has 0 bridgehead atoms. The standard InChI is InChI=1S/C8H15N3O2/c1-9-5-7-6-13-8(11-7)10-3-4-12-2/h6,9H,3-5H2,1-2H3,(H,10,11). The smallest absolute Gasteiger partial charge is 0.294 e. The Balaban J connectivity index is 2.31. The summed E-state index contributed by atoms with van der Waals surface area (Å²) in [5, 5.41) is 5.98. The van der Waals surface area contributed by atoms with Crippen LogP contribution in [0.4, 0.5) is 6.01 Å². The molecule has 1 aromatic heterocycles. The highest BCUT2D eigenvalue weighted by Gasteiger charge is 2.00. The first kappa shape index (κ1) is 10.0. The van der Waals surface area contributed by atoms with Crippen LogP contribution in [0.1, 0.15) is 5.69 Å². The molecule has 1 heterocycles. The molecule has 0 aliphatic carbocycles. The number of hydrogen-bond donors (Lipinski definition) is 2. The van der Waals surface area contributed by atoms with Crippen LogP contribution in [0, 0.1) is 0 Å². The Kier molecular flexibility index (Phi) is 4.28. The highest BCUT2D eigenvalue weighted by Crippen LogP contribution is 2.06. The van der Waals surface area contributed by atoms with E-state index in [0.29, 0.717) is 19.2 Å². The van der Waals surface area contributed by atoms with E-state index in [4.69, 9.17) is 9.15 Å². The zero-order valence-corrected chi connectivity index (χ0v) is 7.96. The quantitative estimate of drug-likeness (QED) is 0.630. The Bertz CT molecular complexity index is 237. The Labute approximate surface area is 77.5 Å². The number of oxazole rings is 1. The van der Waals surface area contributed by atoms with Crippen molar-refractivity contribution in [2.45, 2.75) is 6.54 Å². The second kappa shape index (κ2) is 5.55. The van der Waals surface area contributed by atoms with Crippen LogP contribution in [0.5, 0.6) is 0 Å². The van der Waals surface area contributed by atoms with Crippen LogP contribution >= 0.6 is 0 Å². The number of aromatic nitrogens is 1. The molecule has 0 aliphatic heterocycles. The van der Waals surface area contributed by atoms with Gasteiger partial charge < -0.3 is 19.8 Å². The van der Waals surface area contributed by atoms with Crippen LogP contribution in [0.25, 0.3) is 0 Å². The predicted molar refractivity (Wildman–Crippen MR) is 49.6 cm³/mol. The van der Waals surface area contributed by atoms with Crippen LogP contribution in [-0.4, -0.2) is 32.3 Å². The second-order valence-electron chi connectivity index (χ2n) is 2.59. The van der Waals surface area contributed by atoms with E-state index in [1.807, 2.05) is 7.05 Å². The molecule has 74 valence electrons. The Morgan fingerprint density at radius 1 is 1.62 bits per heavy atom. The van der Waals surface area contributed by atoms with Crippen molar-refractivity contribution in [3.63, 3.8) is 0 Å². The summed E-state index contributed by atoms with van der Waals surface area (Å²) in [6.45, 7) is 2.06. The van der Waals surface area contributed by atoms with E-state index >= 15 is 0 Å². The third-order valence-electron chi connectivity index (χ3n) is 1.49. The van der Waals surface area contributed by atoms with E-state index in [-0.39, 0.29) is 0 Å². The van der Waals surface area contributed by atoms with Crippen molar-refractivity contribution in [2.75, 3.05) is 32.6 Å². The lowest BCUT2D eigenvalue weighted by Gasteiger charge is -1.98. The molecular weight excluding hydrogens is 170 g/mol. The lowest BCUT2D eigenvalue weighted by molar-refractivity contribution is 0.210. The maximum Gasteiger partial charge on any atom is 0.294 e. The van der Waals surface area contributed by atoms with E-state index < -0.39 is 0 Å². The number of rotatable bonds is 6. The third-order valence-corrected chi connectivity index (χ3v) is 1.49. The molecule has 0 amide bonds. The summed E-state index contributed by atoms with van der Waals surface area (Å²) in [7, 11) is 3.52. The molecule has 0 spiro atoms. The number of ether oxygens (including phenoxy) is 1. The number of hydrogen-bond acceptors (Lipinski definition) is 5. The molecule has 5 nitrogen and oxygen atoms in total. The molecular formula is C8H15N3O2. The van der Waals surface area contributed by atoms with Gasteiger partial charge in [0.15, 0.2) is 0 Å². The summed E-state index contributed by atoms with van der Waals surface area (Å²) in [6.07, 6.45) is 1.63. The van der Waals surface area contributed by atoms with Crippen molar-refractivity contribution in [1.29, 1.82) is 0 Å². The van der Waals surface area contributed by atoms with Gasteiger partial charge in [0.25, 0.3) is 6.01 Å². The maximum atomic E-state index is 5.15. The highest BCUT2D eigenvalue weighted by atomic mass is 16.5. The van der Waals surface area contributed by atoms with Crippen LogP contribution in [0.15, 0.2) is 10.7 Å². The largest absolute Gasteiger partial charge is 0.432 e. The molecule has 0 atom stereocenters. The molecule has 0 unspecified atom stereocenters. The average Bonchev–Trinajstić information content (AvgIpc) is 2.54. The van der Waals surface area contributed by atoms with Crippen molar-refractivity contribution >= 4 is 6.01 Å². The maximum absolute atomic E-state index is 5.15. The van der Waals surface area contributed by atoms with Crippen molar-refractivity contribution in [3.8, 4) is 0 Å². The molecule has 0 radical (unpaired) electrons. The topological polar surface area (TPSA) is 59.3 Å². The van der Waals surface area contributed by atoms with Gasteiger partial charge in [-0.25, -0.2) is 0 Å². The van der Waals surface area contributed by atoms with Gasteiger partial charge in [-0.2, -0.15) is 4.98 Å². The summed E-state index contributed by atoms with van der Waals surface area (Å²) in [5.41, 5.74) is 0.891. The van der Waals surface area contributed by atoms with Gasteiger partial charge in [-0.15, -0.1) is 0 Å². The lowest BCUT2D eigenvalue weighted by atomic mass is 10.5. The first-order valence-corrected chi connectivity index (χ1v) is 4.18. The van der Waals surface area contributed by atoms with E-state index in [2.05, 4.69) is 15.6 Å². The lowest BCUT2D eigenvalue weighted by Crippen LogP contribution is -2.08. The molecule has 0 aliphatic rings. The summed E-state index contributed by atoms with van der Waals surface area (Å²) >= 11 is 0. The SMILES string of the molecule is CNCc1coc(NCCOC)n1. The normalized spacial score (nSPS) is 10.3. The van der Waals surface area contributed by atoms with Crippen LogP contribution in [-0.2, 0) is 11.3 Å². The number of methoxy groups -OCH3 is 1.